The quantitative estimate of drug-likeness (QED) is 0.459. The third-order valence-corrected chi connectivity index (χ3v) is 10.6. The molecule has 0 saturated heterocycles. The number of nitrogens with zero attached hydrogens (tertiary/aromatic N) is 1. The number of unbranched alkanes of at least 4 members (excludes halogenated alkanes) is 5. The molecule has 4 aliphatic rings. The van der Waals surface area contributed by atoms with E-state index >= 15 is 0 Å². The van der Waals surface area contributed by atoms with Gasteiger partial charge in [-0.1, -0.05) is 45.1 Å². The lowest BCUT2D eigenvalue weighted by Crippen LogP contribution is -2.56. The highest BCUT2D eigenvalue weighted by molar-refractivity contribution is 5.91. The average Bonchev–Trinajstić information content (AvgIpc) is 2.97. The van der Waals surface area contributed by atoms with Gasteiger partial charge >= 0.3 is 0 Å². The minimum atomic E-state index is -0.534. The zero-order valence-electron chi connectivity index (χ0n) is 20.1. The van der Waals surface area contributed by atoms with Gasteiger partial charge in [-0.15, -0.1) is 0 Å². The van der Waals surface area contributed by atoms with Gasteiger partial charge in [0.1, 0.15) is 0 Å². The Morgan fingerprint density at radius 1 is 1.03 bits per heavy atom. The molecule has 0 aliphatic heterocycles. The van der Waals surface area contributed by atoms with Crippen molar-refractivity contribution < 1.29 is 9.90 Å². The van der Waals surface area contributed by atoms with Crippen LogP contribution in [0.2, 0.25) is 0 Å². The van der Waals surface area contributed by atoms with Crippen molar-refractivity contribution in [3.05, 3.63) is 11.6 Å². The molecule has 3 fully saturated rings. The van der Waals surface area contributed by atoms with Crippen molar-refractivity contribution in [2.75, 3.05) is 0 Å². The largest absolute Gasteiger partial charge is 0.390 e. The highest BCUT2D eigenvalue weighted by atomic mass is 16.3. The number of rotatable bonds is 7. The van der Waals surface area contributed by atoms with Crippen LogP contribution in [0.5, 0.6) is 0 Å². The van der Waals surface area contributed by atoms with E-state index in [2.05, 4.69) is 26.8 Å². The van der Waals surface area contributed by atoms with Crippen LogP contribution in [0.15, 0.2) is 11.6 Å². The van der Waals surface area contributed by atoms with Crippen LogP contribution in [0.25, 0.3) is 0 Å². The summed E-state index contributed by atoms with van der Waals surface area (Å²) >= 11 is 0. The van der Waals surface area contributed by atoms with Crippen molar-refractivity contribution in [3.63, 3.8) is 0 Å². The molecule has 3 saturated carbocycles. The molecule has 172 valence electrons. The van der Waals surface area contributed by atoms with E-state index in [9.17, 15) is 9.90 Å². The van der Waals surface area contributed by atoms with Crippen LogP contribution >= 0.6 is 0 Å². The molecule has 31 heavy (non-hydrogen) atoms. The zero-order chi connectivity index (χ0) is 22.3. The minimum absolute atomic E-state index is 0.0474. The summed E-state index contributed by atoms with van der Waals surface area (Å²) in [6.45, 7) is 6.94. The van der Waals surface area contributed by atoms with Crippen molar-refractivity contribution in [1.29, 1.82) is 5.26 Å². The molecular weight excluding hydrogens is 382 g/mol. The van der Waals surface area contributed by atoms with E-state index in [0.717, 1.165) is 38.5 Å². The Hall–Kier alpha value is -1.14. The van der Waals surface area contributed by atoms with Gasteiger partial charge in [-0.05, 0) is 98.9 Å². The third kappa shape index (κ3) is 3.92. The first-order chi connectivity index (χ1) is 14.7. The standard InChI is InChI=1S/C28H43NO2/c1-26-14-11-22(30)19-21(26)18-20(10-8-6-4-5-7-9-17-29)25-23(26)12-15-27(2)24(25)13-16-28(27,3)31/h19-20,23-25,31H,4-16,18H2,1-3H3/t20?,23-,24-,25+,26-,27-,28?/m0/s1. The van der Waals surface area contributed by atoms with Gasteiger partial charge < -0.3 is 5.11 Å². The third-order valence-electron chi connectivity index (χ3n) is 10.6. The van der Waals surface area contributed by atoms with Gasteiger partial charge in [0.2, 0.25) is 0 Å². The summed E-state index contributed by atoms with van der Waals surface area (Å²) in [6.07, 6.45) is 17.3. The Labute approximate surface area is 189 Å². The fourth-order valence-corrected chi connectivity index (χ4v) is 8.38. The molecule has 4 aliphatic carbocycles. The van der Waals surface area contributed by atoms with Crippen molar-refractivity contribution in [1.82, 2.24) is 0 Å². The lowest BCUT2D eigenvalue weighted by Gasteiger charge is -2.61. The van der Waals surface area contributed by atoms with Crippen LogP contribution in [0.3, 0.4) is 0 Å². The van der Waals surface area contributed by atoms with Crippen LogP contribution in [-0.4, -0.2) is 16.5 Å². The van der Waals surface area contributed by atoms with E-state index in [4.69, 9.17) is 5.26 Å². The van der Waals surface area contributed by atoms with Crippen LogP contribution in [0.4, 0.5) is 0 Å². The molecule has 7 atom stereocenters. The fourth-order valence-electron chi connectivity index (χ4n) is 8.38. The number of nitriles is 1. The maximum atomic E-state index is 12.3. The number of fused-ring (bicyclic) bond motifs is 5. The predicted molar refractivity (Wildman–Crippen MR) is 124 cm³/mol. The summed E-state index contributed by atoms with van der Waals surface area (Å²) in [7, 11) is 0. The Balaban J connectivity index is 1.53. The number of hydrogen-bond donors (Lipinski definition) is 1. The monoisotopic (exact) mass is 425 g/mol. The second kappa shape index (κ2) is 8.66. The number of allylic oxidation sites excluding steroid dienone is 1. The summed E-state index contributed by atoms with van der Waals surface area (Å²) < 4.78 is 0. The molecule has 0 spiro atoms. The van der Waals surface area contributed by atoms with Gasteiger partial charge in [-0.2, -0.15) is 5.26 Å². The van der Waals surface area contributed by atoms with Gasteiger partial charge in [0.25, 0.3) is 0 Å². The van der Waals surface area contributed by atoms with E-state index in [-0.39, 0.29) is 10.8 Å². The summed E-state index contributed by atoms with van der Waals surface area (Å²) in [5, 5.41) is 20.0. The molecule has 0 radical (unpaired) electrons. The molecule has 0 aromatic rings. The van der Waals surface area contributed by atoms with E-state index in [0.29, 0.717) is 35.9 Å². The van der Waals surface area contributed by atoms with Gasteiger partial charge in [0.15, 0.2) is 5.78 Å². The molecule has 3 heteroatoms. The number of hydrogen-bond acceptors (Lipinski definition) is 3. The lowest BCUT2D eigenvalue weighted by molar-refractivity contribution is -0.135. The molecule has 2 unspecified atom stereocenters. The molecule has 0 aromatic heterocycles. The van der Waals surface area contributed by atoms with Crippen molar-refractivity contribution >= 4 is 5.78 Å². The summed E-state index contributed by atoms with van der Waals surface area (Å²) in [4.78, 5) is 12.3. The minimum Gasteiger partial charge on any atom is -0.390 e. The maximum absolute atomic E-state index is 12.3. The summed E-state index contributed by atoms with van der Waals surface area (Å²) in [5.41, 5.74) is 1.17. The van der Waals surface area contributed by atoms with E-state index in [1.807, 2.05) is 6.08 Å². The highest BCUT2D eigenvalue weighted by Gasteiger charge is 2.64. The molecule has 1 N–H and O–H groups in total. The van der Waals surface area contributed by atoms with E-state index in [1.54, 1.807) is 0 Å². The first-order valence-corrected chi connectivity index (χ1v) is 13.1. The number of aliphatic hydroxyl groups is 1. The maximum Gasteiger partial charge on any atom is 0.155 e. The zero-order valence-corrected chi connectivity index (χ0v) is 20.1. The molecule has 3 nitrogen and oxygen atoms in total. The number of carbonyl (C=O) groups is 1. The molecule has 0 amide bonds. The SMILES string of the molecule is CC1(O)CC[C@H]2[C@@H]3C(CCCCCCCC#N)CC4=CC(=O)CC[C@]4(C)[C@H]3CC[C@@]21C. The van der Waals surface area contributed by atoms with Crippen LogP contribution in [0, 0.1) is 45.8 Å². The molecule has 0 heterocycles. The highest BCUT2D eigenvalue weighted by Crippen LogP contribution is 2.69. The van der Waals surface area contributed by atoms with E-state index in [1.165, 1.54) is 50.5 Å². The Kier molecular flexibility index (Phi) is 6.43. The summed E-state index contributed by atoms with van der Waals surface area (Å²) in [6, 6.07) is 2.25. The van der Waals surface area contributed by atoms with Gasteiger partial charge in [-0.25, -0.2) is 0 Å². The second-order valence-electron chi connectivity index (χ2n) is 12.0. The molecule has 0 aromatic carbocycles. The van der Waals surface area contributed by atoms with Crippen LogP contribution < -0.4 is 0 Å². The molecular formula is C28H43NO2. The first kappa shape index (κ1) is 23.0. The second-order valence-corrected chi connectivity index (χ2v) is 12.0. The average molecular weight is 426 g/mol. The Morgan fingerprint density at radius 2 is 1.74 bits per heavy atom. The summed E-state index contributed by atoms with van der Waals surface area (Å²) in [5.74, 6) is 2.99. The molecule has 0 bridgehead atoms. The van der Waals surface area contributed by atoms with Gasteiger partial charge in [-0.3, -0.25) is 4.79 Å². The lowest BCUT2D eigenvalue weighted by atomic mass is 9.44. The van der Waals surface area contributed by atoms with Crippen molar-refractivity contribution in [2.24, 2.45) is 34.5 Å². The fraction of sp³-hybridized carbons (Fsp3) is 0.857. The Morgan fingerprint density at radius 3 is 2.52 bits per heavy atom. The number of carbonyl (C=O) groups excluding carboxylic acids is 1. The van der Waals surface area contributed by atoms with Crippen molar-refractivity contribution in [2.45, 2.75) is 116 Å². The van der Waals surface area contributed by atoms with Crippen molar-refractivity contribution in [3.8, 4) is 6.07 Å². The topological polar surface area (TPSA) is 61.1 Å². The number of ketones is 1. The molecule has 4 rings (SSSR count). The van der Waals surface area contributed by atoms with Gasteiger partial charge in [0, 0.05) is 12.8 Å². The van der Waals surface area contributed by atoms with E-state index < -0.39 is 5.60 Å². The first-order valence-electron chi connectivity index (χ1n) is 13.1. The predicted octanol–water partition coefficient (Wildman–Crippen LogP) is 6.75. The van der Waals surface area contributed by atoms with Crippen LogP contribution in [0.1, 0.15) is 111 Å². The Bertz CT molecular complexity index is 761. The smallest absolute Gasteiger partial charge is 0.155 e. The van der Waals surface area contributed by atoms with Gasteiger partial charge in [0.05, 0.1) is 11.7 Å². The normalized spacial score (nSPS) is 44.1. The van der Waals surface area contributed by atoms with Crippen LogP contribution in [-0.2, 0) is 4.79 Å².